The number of fused-ring (bicyclic) bond motifs is 4. The van der Waals surface area contributed by atoms with Gasteiger partial charge in [-0.15, -0.1) is 0 Å². The van der Waals surface area contributed by atoms with E-state index in [9.17, 15) is 14.4 Å². The topological polar surface area (TPSA) is 95.9 Å². The Hall–Kier alpha value is -4.63. The number of carbonyl (C=O) groups is 3. The predicted octanol–water partition coefficient (Wildman–Crippen LogP) is 6.12. The van der Waals surface area contributed by atoms with Crippen LogP contribution in [-0.4, -0.2) is 79.8 Å². The van der Waals surface area contributed by atoms with E-state index in [2.05, 4.69) is 29.6 Å². The number of carbonyl (C=O) groups excluding carboxylic acids is 3. The first-order valence-electron chi connectivity index (χ1n) is 15.2. The predicted molar refractivity (Wildman–Crippen MR) is 173 cm³/mol. The molecule has 0 spiro atoms. The van der Waals surface area contributed by atoms with Crippen molar-refractivity contribution in [2.45, 2.75) is 44.8 Å². The number of amides is 1. The van der Waals surface area contributed by atoms with Crippen molar-refractivity contribution in [2.24, 2.45) is 0 Å². The molecule has 4 aromatic rings. The zero-order chi connectivity index (χ0) is 32.4. The fraction of sp³-hybridized carbons (Fsp3) is 0.361. The molecule has 0 saturated heterocycles. The van der Waals surface area contributed by atoms with Crippen molar-refractivity contribution in [3.05, 3.63) is 95.7 Å². The van der Waals surface area contributed by atoms with Gasteiger partial charge in [-0.05, 0) is 54.7 Å². The summed E-state index contributed by atoms with van der Waals surface area (Å²) in [6, 6.07) is 22.5. The van der Waals surface area contributed by atoms with E-state index < -0.39 is 29.8 Å². The molecule has 0 saturated carbocycles. The molecule has 0 unspecified atom stereocenters. The number of nitrogens with zero attached hydrogens (tertiary/aromatic N) is 2. The highest BCUT2D eigenvalue weighted by Gasteiger charge is 2.31. The molecule has 3 aromatic carbocycles. The van der Waals surface area contributed by atoms with Crippen LogP contribution in [0.15, 0.2) is 79.0 Å². The van der Waals surface area contributed by atoms with Gasteiger partial charge in [0.05, 0.1) is 26.7 Å². The first-order valence-corrected chi connectivity index (χ1v) is 15.2. The number of quaternary nitrogens is 1. The highest BCUT2D eigenvalue weighted by atomic mass is 16.6. The molecular weight excluding hydrogens is 570 g/mol. The minimum absolute atomic E-state index is 0.0870. The quantitative estimate of drug-likeness (QED) is 0.139. The summed E-state index contributed by atoms with van der Waals surface area (Å²) in [5, 5.41) is 3.53. The molecule has 1 amide bonds. The summed E-state index contributed by atoms with van der Waals surface area (Å²) in [7, 11) is 6.02. The summed E-state index contributed by atoms with van der Waals surface area (Å²) in [5.41, 5.74) is 5.08. The third-order valence-corrected chi connectivity index (χ3v) is 7.74. The Balaban J connectivity index is 1.36. The van der Waals surface area contributed by atoms with Gasteiger partial charge in [0.15, 0.2) is 0 Å². The Morgan fingerprint density at radius 3 is 2.09 bits per heavy atom. The highest BCUT2D eigenvalue weighted by molar-refractivity contribution is 5.93. The summed E-state index contributed by atoms with van der Waals surface area (Å²) in [5.74, 6) is -0.698. The zero-order valence-corrected chi connectivity index (χ0v) is 26.8. The smallest absolute Gasteiger partial charge is 0.419 e. The van der Waals surface area contributed by atoms with Crippen LogP contribution in [0.3, 0.4) is 0 Å². The average Bonchev–Trinajstić information content (AvgIpc) is 3.50. The molecular formula is C36H42N3O6+. The van der Waals surface area contributed by atoms with E-state index in [1.54, 1.807) is 27.0 Å². The maximum Gasteiger partial charge on any atom is 0.419 e. The second-order valence-corrected chi connectivity index (χ2v) is 13.4. The average molecular weight is 613 g/mol. The normalized spacial score (nSPS) is 13.6. The second-order valence-electron chi connectivity index (χ2n) is 13.4. The van der Waals surface area contributed by atoms with Gasteiger partial charge in [-0.1, -0.05) is 66.7 Å². The van der Waals surface area contributed by atoms with Crippen LogP contribution in [0.5, 0.6) is 0 Å². The van der Waals surface area contributed by atoms with E-state index in [0.29, 0.717) is 22.1 Å². The van der Waals surface area contributed by atoms with Gasteiger partial charge in [0.1, 0.15) is 31.4 Å². The SMILES string of the molecule is CC(C)(C)OC(=O)n1cc(C[C@H](NC(=O)OCC2c3ccccc3-c3ccccc32)C(=O)OCC[N+](C)(C)C)c2ccccc21. The first kappa shape index (κ1) is 31.8. The lowest BCUT2D eigenvalue weighted by Gasteiger charge is -2.24. The summed E-state index contributed by atoms with van der Waals surface area (Å²) >= 11 is 0. The number of benzene rings is 3. The molecule has 1 aliphatic carbocycles. The van der Waals surface area contributed by atoms with E-state index in [4.69, 9.17) is 14.2 Å². The first-order chi connectivity index (χ1) is 21.3. The lowest BCUT2D eigenvalue weighted by molar-refractivity contribution is -0.870. The molecule has 9 heteroatoms. The Morgan fingerprint density at radius 2 is 1.47 bits per heavy atom. The van der Waals surface area contributed by atoms with Crippen molar-refractivity contribution in [3.63, 3.8) is 0 Å². The molecule has 1 aliphatic rings. The van der Waals surface area contributed by atoms with Crippen LogP contribution < -0.4 is 5.32 Å². The molecule has 1 N–H and O–H groups in total. The number of hydrogen-bond donors (Lipinski definition) is 1. The van der Waals surface area contributed by atoms with Gasteiger partial charge in [0.2, 0.25) is 0 Å². The Bertz CT molecular complexity index is 1670. The number of nitrogens with one attached hydrogen (secondary N) is 1. The number of alkyl carbamates (subject to hydrolysis) is 1. The lowest BCUT2D eigenvalue weighted by atomic mass is 9.98. The van der Waals surface area contributed by atoms with Gasteiger partial charge < -0.3 is 24.0 Å². The number of aromatic nitrogens is 1. The Labute approximate surface area is 264 Å². The van der Waals surface area contributed by atoms with Crippen molar-refractivity contribution in [1.29, 1.82) is 0 Å². The van der Waals surface area contributed by atoms with Crippen LogP contribution in [0.1, 0.15) is 43.4 Å². The summed E-state index contributed by atoms with van der Waals surface area (Å²) < 4.78 is 19.1. The summed E-state index contributed by atoms with van der Waals surface area (Å²) in [6.07, 6.45) is 0.492. The van der Waals surface area contributed by atoms with Crippen LogP contribution in [0.2, 0.25) is 0 Å². The van der Waals surface area contributed by atoms with Gasteiger partial charge in [-0.3, -0.25) is 4.57 Å². The van der Waals surface area contributed by atoms with E-state index >= 15 is 0 Å². The standard InChI is InChI=1S/C36H41N3O6/c1-36(2,3)45-35(42)38-22-24(25-13-11-12-18-32(25)38)21-31(33(40)43-20-19-39(4,5)6)37-34(41)44-23-30-28-16-9-7-14-26(28)27-15-8-10-17-29(27)30/h7-18,22,30-31H,19-21,23H2,1-6H3/p+1/t31-/m0/s1. The molecule has 1 aromatic heterocycles. The Morgan fingerprint density at radius 1 is 0.867 bits per heavy atom. The molecule has 5 rings (SSSR count). The van der Waals surface area contributed by atoms with Crippen LogP contribution >= 0.6 is 0 Å². The van der Waals surface area contributed by atoms with Gasteiger partial charge in [-0.25, -0.2) is 14.4 Å². The zero-order valence-electron chi connectivity index (χ0n) is 26.8. The Kier molecular flexibility index (Phi) is 9.02. The molecule has 0 aliphatic heterocycles. The van der Waals surface area contributed by atoms with Crippen molar-refractivity contribution < 1.29 is 33.1 Å². The van der Waals surface area contributed by atoms with Crippen molar-refractivity contribution in [3.8, 4) is 11.1 Å². The third-order valence-electron chi connectivity index (χ3n) is 7.74. The minimum atomic E-state index is -1.05. The number of esters is 1. The van der Waals surface area contributed by atoms with Gasteiger partial charge in [0.25, 0.3) is 0 Å². The van der Waals surface area contributed by atoms with Crippen LogP contribution in [-0.2, 0) is 25.4 Å². The number of likely N-dealkylation sites (N-methyl/N-ethyl adjacent to an activating group) is 1. The van der Waals surface area contributed by atoms with E-state index in [-0.39, 0.29) is 25.6 Å². The molecule has 236 valence electrons. The number of ether oxygens (including phenoxy) is 3. The van der Waals surface area contributed by atoms with E-state index in [1.165, 1.54) is 4.57 Å². The molecule has 0 radical (unpaired) electrons. The molecule has 0 bridgehead atoms. The molecule has 45 heavy (non-hydrogen) atoms. The maximum atomic E-state index is 13.4. The fourth-order valence-corrected chi connectivity index (χ4v) is 5.59. The lowest BCUT2D eigenvalue weighted by Crippen LogP contribution is -2.45. The largest absolute Gasteiger partial charge is 0.458 e. The minimum Gasteiger partial charge on any atom is -0.458 e. The highest BCUT2D eigenvalue weighted by Crippen LogP contribution is 2.44. The molecule has 1 heterocycles. The monoisotopic (exact) mass is 612 g/mol. The van der Waals surface area contributed by atoms with Crippen molar-refractivity contribution in [2.75, 3.05) is 40.9 Å². The van der Waals surface area contributed by atoms with Crippen molar-refractivity contribution >= 4 is 29.1 Å². The van der Waals surface area contributed by atoms with Crippen LogP contribution in [0.4, 0.5) is 9.59 Å². The van der Waals surface area contributed by atoms with Crippen molar-refractivity contribution in [1.82, 2.24) is 9.88 Å². The van der Waals surface area contributed by atoms with E-state index in [0.717, 1.165) is 27.6 Å². The number of hydrogen-bond acceptors (Lipinski definition) is 6. The molecule has 9 nitrogen and oxygen atoms in total. The van der Waals surface area contributed by atoms with Gasteiger partial charge >= 0.3 is 18.2 Å². The van der Waals surface area contributed by atoms with Gasteiger partial charge in [0, 0.05) is 23.9 Å². The summed E-state index contributed by atoms with van der Waals surface area (Å²) in [4.78, 5) is 39.8. The number of para-hydroxylation sites is 1. The summed E-state index contributed by atoms with van der Waals surface area (Å²) in [6.45, 7) is 6.31. The molecule has 1 atom stereocenters. The van der Waals surface area contributed by atoms with E-state index in [1.807, 2.05) is 69.7 Å². The fourth-order valence-electron chi connectivity index (χ4n) is 5.59. The number of rotatable bonds is 9. The van der Waals surface area contributed by atoms with Gasteiger partial charge in [-0.2, -0.15) is 0 Å². The third kappa shape index (κ3) is 7.54. The van der Waals surface area contributed by atoms with Crippen LogP contribution in [0, 0.1) is 0 Å². The maximum absolute atomic E-state index is 13.4. The molecule has 0 fully saturated rings. The second kappa shape index (κ2) is 12.8. The van der Waals surface area contributed by atoms with Crippen LogP contribution in [0.25, 0.3) is 22.0 Å².